The minimum atomic E-state index is -3.44. The fourth-order valence-corrected chi connectivity index (χ4v) is 15.1. The molecule has 6 aromatic carbocycles. The van der Waals surface area contributed by atoms with E-state index in [0.717, 1.165) is 14.2 Å². The van der Waals surface area contributed by atoms with Crippen molar-refractivity contribution in [3.05, 3.63) is 165 Å². The second-order valence-electron chi connectivity index (χ2n) is 14.1. The van der Waals surface area contributed by atoms with E-state index in [-0.39, 0.29) is 11.5 Å². The van der Waals surface area contributed by atoms with E-state index in [0.29, 0.717) is 39.0 Å². The second-order valence-corrected chi connectivity index (χ2v) is 21.7. The number of esters is 4. The Kier molecular flexibility index (Phi) is 16.5. The lowest BCUT2D eigenvalue weighted by atomic mass is 10.2. The molecule has 0 aliphatic carbocycles. The minimum Gasteiger partial charge on any atom is -0.449 e. The Morgan fingerprint density at radius 3 is 0.969 bits per heavy atom. The number of benzene rings is 6. The summed E-state index contributed by atoms with van der Waals surface area (Å²) in [5.41, 5.74) is 0. The quantitative estimate of drug-likeness (QED) is 0.0419. The average Bonchev–Trinajstić information content (AvgIpc) is 3.32. The molecular formula is C48H42I2O12P2. The van der Waals surface area contributed by atoms with E-state index in [4.69, 9.17) is 28.4 Å². The predicted molar refractivity (Wildman–Crippen MR) is 261 cm³/mol. The summed E-state index contributed by atoms with van der Waals surface area (Å²) in [4.78, 5) is 53.7. The van der Waals surface area contributed by atoms with Gasteiger partial charge in [0, 0.05) is 46.0 Å². The molecular weight excluding hydrogens is 1080 g/mol. The highest BCUT2D eigenvalue weighted by atomic mass is 127. The summed E-state index contributed by atoms with van der Waals surface area (Å²) in [6.07, 6.45) is -6.52. The molecule has 6 aromatic rings. The molecule has 0 unspecified atom stereocenters. The SMILES string of the molecule is CO[C@@H](C(=O)O[C@@H](C)C(=O)Oc1cccc(P(=O)(c2ccccc2)c2ccccc2)c1I)[C@@H](OC)C(=O)O[C@@H](C)C(=O)Oc1cccc(P(=O)(c2ccccc2)c2ccccc2)c1I. The largest absolute Gasteiger partial charge is 0.449 e. The van der Waals surface area contributed by atoms with E-state index < -0.39 is 62.6 Å². The molecule has 0 N–H and O–H groups in total. The Balaban J connectivity index is 1.12. The Bertz CT molecular complexity index is 2430. The van der Waals surface area contributed by atoms with Crippen molar-refractivity contribution in [2.24, 2.45) is 0 Å². The Hall–Kier alpha value is -4.96. The van der Waals surface area contributed by atoms with Gasteiger partial charge in [-0.15, -0.1) is 0 Å². The van der Waals surface area contributed by atoms with Gasteiger partial charge in [-0.1, -0.05) is 133 Å². The van der Waals surface area contributed by atoms with Crippen LogP contribution < -0.4 is 41.3 Å². The van der Waals surface area contributed by atoms with Gasteiger partial charge in [-0.25, -0.2) is 19.2 Å². The maximum atomic E-state index is 15.0. The minimum absolute atomic E-state index is 0.0865. The Labute approximate surface area is 398 Å². The molecule has 0 bridgehead atoms. The molecule has 6 rings (SSSR count). The van der Waals surface area contributed by atoms with Crippen molar-refractivity contribution in [3.63, 3.8) is 0 Å². The third kappa shape index (κ3) is 10.4. The van der Waals surface area contributed by atoms with Crippen LogP contribution in [-0.2, 0) is 47.3 Å². The normalized spacial score (nSPS) is 13.4. The molecule has 64 heavy (non-hydrogen) atoms. The smallest absolute Gasteiger partial charge is 0.352 e. The molecule has 0 aliphatic rings. The fourth-order valence-electron chi connectivity index (χ4n) is 6.70. The number of carbonyl (C=O) groups is 4. The maximum absolute atomic E-state index is 15.0. The first-order valence-electron chi connectivity index (χ1n) is 19.7. The monoisotopic (exact) mass is 1130 g/mol. The van der Waals surface area contributed by atoms with Crippen LogP contribution >= 0.6 is 59.5 Å². The van der Waals surface area contributed by atoms with E-state index in [2.05, 4.69) is 0 Å². The molecule has 4 atom stereocenters. The van der Waals surface area contributed by atoms with Crippen molar-refractivity contribution >= 4 is 115 Å². The molecule has 12 nitrogen and oxygen atoms in total. The third-order valence-corrected chi connectivity index (χ3v) is 19.2. The lowest BCUT2D eigenvalue weighted by Crippen LogP contribution is -2.47. The first-order chi connectivity index (χ1) is 30.7. The number of carbonyl (C=O) groups excluding carboxylic acids is 4. The van der Waals surface area contributed by atoms with Crippen molar-refractivity contribution in [1.82, 2.24) is 0 Å². The second kappa shape index (κ2) is 21.8. The average molecular weight is 1130 g/mol. The first kappa shape index (κ1) is 48.5. The van der Waals surface area contributed by atoms with Gasteiger partial charge in [-0.05, 0) is 83.3 Å². The summed E-state index contributed by atoms with van der Waals surface area (Å²) in [6.45, 7) is 2.55. The highest BCUT2D eigenvalue weighted by Crippen LogP contribution is 2.46. The lowest BCUT2D eigenvalue weighted by molar-refractivity contribution is -0.187. The molecule has 0 aliphatic heterocycles. The van der Waals surface area contributed by atoms with Crippen LogP contribution in [0.25, 0.3) is 0 Å². The molecule has 0 radical (unpaired) electrons. The Morgan fingerprint density at radius 2 is 0.703 bits per heavy atom. The van der Waals surface area contributed by atoms with Gasteiger partial charge in [0.15, 0.2) is 38.7 Å². The van der Waals surface area contributed by atoms with Crippen LogP contribution in [0.2, 0.25) is 0 Å². The van der Waals surface area contributed by atoms with Crippen molar-refractivity contribution in [2.45, 2.75) is 38.3 Å². The summed E-state index contributed by atoms with van der Waals surface area (Å²) in [7, 11) is -4.63. The van der Waals surface area contributed by atoms with Gasteiger partial charge < -0.3 is 37.6 Å². The van der Waals surface area contributed by atoms with E-state index in [9.17, 15) is 19.2 Å². The zero-order valence-corrected chi connectivity index (χ0v) is 41.0. The lowest BCUT2D eigenvalue weighted by Gasteiger charge is -2.25. The Morgan fingerprint density at radius 1 is 0.422 bits per heavy atom. The van der Waals surface area contributed by atoms with Crippen LogP contribution in [0.15, 0.2) is 158 Å². The van der Waals surface area contributed by atoms with Crippen molar-refractivity contribution in [1.29, 1.82) is 0 Å². The predicted octanol–water partition coefficient (Wildman–Crippen LogP) is 6.58. The molecule has 0 aromatic heterocycles. The summed E-state index contributed by atoms with van der Waals surface area (Å²) in [5, 5.41) is 3.24. The molecule has 0 amide bonds. The standard InChI is InChI=1S/C48H42I2O12P2/c1-31(45(51)61-37-27-17-29-39(41(37)49)63(55,33-19-9-5-10-20-33)34-21-11-6-12-22-34)59-47(53)43(57-3)44(58-4)48(54)60-32(2)46(52)62-38-28-18-30-40(42(38)50)64(56,35-23-13-7-14-24-35)36-25-15-8-16-26-36/h5-32,43-44H,1-4H3/t31-,32-,43+,44+/m0/s1. The molecule has 0 saturated carbocycles. The highest BCUT2D eigenvalue weighted by molar-refractivity contribution is 14.1. The third-order valence-electron chi connectivity index (χ3n) is 9.96. The molecule has 0 fully saturated rings. The van der Waals surface area contributed by atoms with Crippen LogP contribution in [0.4, 0.5) is 0 Å². The van der Waals surface area contributed by atoms with Crippen molar-refractivity contribution in [3.8, 4) is 11.5 Å². The molecule has 16 heteroatoms. The van der Waals surface area contributed by atoms with Crippen LogP contribution in [0, 0.1) is 7.14 Å². The van der Waals surface area contributed by atoms with Crippen molar-refractivity contribution in [2.75, 3.05) is 14.2 Å². The number of ether oxygens (including phenoxy) is 6. The van der Waals surface area contributed by atoms with Crippen LogP contribution in [0.1, 0.15) is 13.8 Å². The van der Waals surface area contributed by atoms with E-state index in [1.165, 1.54) is 26.0 Å². The number of methoxy groups -OCH3 is 2. The number of rotatable bonds is 17. The zero-order valence-electron chi connectivity index (χ0n) is 34.9. The summed E-state index contributed by atoms with van der Waals surface area (Å²) >= 11 is 3.96. The van der Waals surface area contributed by atoms with Crippen molar-refractivity contribution < 1.29 is 56.7 Å². The topological polar surface area (TPSA) is 158 Å². The van der Waals surface area contributed by atoms with Crippen LogP contribution in [0.5, 0.6) is 11.5 Å². The molecule has 330 valence electrons. The van der Waals surface area contributed by atoms with Gasteiger partial charge in [-0.2, -0.15) is 0 Å². The maximum Gasteiger partial charge on any atom is 0.352 e. The summed E-state index contributed by atoms with van der Waals surface area (Å²) in [6, 6.07) is 45.7. The molecule has 0 heterocycles. The van der Waals surface area contributed by atoms with E-state index in [1.54, 1.807) is 121 Å². The number of halogens is 2. The summed E-state index contributed by atoms with van der Waals surface area (Å²) < 4.78 is 63.6. The highest BCUT2D eigenvalue weighted by Gasteiger charge is 2.41. The zero-order chi connectivity index (χ0) is 46.0. The van der Waals surface area contributed by atoms with Gasteiger partial charge in [0.2, 0.25) is 0 Å². The van der Waals surface area contributed by atoms with Gasteiger partial charge >= 0.3 is 23.9 Å². The number of hydrogen-bond acceptors (Lipinski definition) is 12. The van der Waals surface area contributed by atoms with Gasteiger partial charge in [0.1, 0.15) is 11.5 Å². The summed E-state index contributed by atoms with van der Waals surface area (Å²) in [5.74, 6) is -4.10. The van der Waals surface area contributed by atoms with Gasteiger partial charge in [0.25, 0.3) is 0 Å². The van der Waals surface area contributed by atoms with Crippen LogP contribution in [-0.4, -0.2) is 62.5 Å². The number of hydrogen-bond donors (Lipinski definition) is 0. The van der Waals surface area contributed by atoms with Gasteiger partial charge in [0.05, 0.1) is 7.14 Å². The van der Waals surface area contributed by atoms with E-state index >= 15 is 9.13 Å². The van der Waals surface area contributed by atoms with Gasteiger partial charge in [-0.3, -0.25) is 0 Å². The first-order valence-corrected chi connectivity index (χ1v) is 25.2. The van der Waals surface area contributed by atoms with E-state index in [1.807, 2.05) is 69.4 Å². The van der Waals surface area contributed by atoms with Crippen LogP contribution in [0.3, 0.4) is 0 Å². The fraction of sp³-hybridized carbons (Fsp3) is 0.167. The molecule has 0 spiro atoms. The molecule has 0 saturated heterocycles.